The monoisotopic (exact) mass is 291 g/mol. The summed E-state index contributed by atoms with van der Waals surface area (Å²) in [5.41, 5.74) is 0.875. The number of rotatable bonds is 4. The highest BCUT2D eigenvalue weighted by molar-refractivity contribution is 6.05. The van der Waals surface area contributed by atoms with Gasteiger partial charge in [0.1, 0.15) is 11.9 Å². The van der Waals surface area contributed by atoms with E-state index < -0.39 is 11.5 Å². The number of nitrogens with zero attached hydrogens (tertiary/aromatic N) is 1. The number of aliphatic hydroxyl groups is 1. The van der Waals surface area contributed by atoms with Crippen LogP contribution >= 0.6 is 0 Å². The van der Waals surface area contributed by atoms with Crippen LogP contribution in [0, 0.1) is 12.3 Å². The van der Waals surface area contributed by atoms with Crippen molar-refractivity contribution in [1.29, 1.82) is 0 Å². The van der Waals surface area contributed by atoms with Gasteiger partial charge in [0, 0.05) is 12.0 Å². The summed E-state index contributed by atoms with van der Waals surface area (Å²) in [5, 5.41) is 10.4. The molecule has 0 saturated carbocycles. The standard InChI is InChI=1S/C16H21NO4/c1-10-5-6-13(21-4)11(7-10)12(18)9-17-14(19)8-16(2,3)15(17)20/h5-7,12,18H,8-9H2,1-4H3. The number of hydrogen-bond acceptors (Lipinski definition) is 4. The number of aliphatic hydroxyl groups excluding tert-OH is 1. The summed E-state index contributed by atoms with van der Waals surface area (Å²) in [5.74, 6) is 0.0697. The first-order chi connectivity index (χ1) is 9.76. The van der Waals surface area contributed by atoms with Crippen LogP contribution in [0.5, 0.6) is 5.75 Å². The summed E-state index contributed by atoms with van der Waals surface area (Å²) in [4.78, 5) is 25.3. The number of methoxy groups -OCH3 is 1. The third-order valence-corrected chi connectivity index (χ3v) is 3.82. The van der Waals surface area contributed by atoms with Gasteiger partial charge in [-0.05, 0) is 19.1 Å². The van der Waals surface area contributed by atoms with Crippen LogP contribution < -0.4 is 4.74 Å². The minimum Gasteiger partial charge on any atom is -0.496 e. The second-order valence-electron chi connectivity index (χ2n) is 6.13. The zero-order chi connectivity index (χ0) is 15.8. The predicted octanol–water partition coefficient (Wildman–Crippen LogP) is 1.82. The average Bonchev–Trinajstić information content (AvgIpc) is 2.60. The first-order valence-electron chi connectivity index (χ1n) is 6.93. The number of ether oxygens (including phenoxy) is 1. The fourth-order valence-corrected chi connectivity index (χ4v) is 2.60. The van der Waals surface area contributed by atoms with Gasteiger partial charge in [-0.3, -0.25) is 14.5 Å². The second-order valence-corrected chi connectivity index (χ2v) is 6.13. The van der Waals surface area contributed by atoms with Gasteiger partial charge in [-0.15, -0.1) is 0 Å². The van der Waals surface area contributed by atoms with E-state index in [2.05, 4.69) is 0 Å². The van der Waals surface area contributed by atoms with Crippen molar-refractivity contribution >= 4 is 11.8 Å². The van der Waals surface area contributed by atoms with Gasteiger partial charge in [0.2, 0.25) is 11.8 Å². The molecule has 21 heavy (non-hydrogen) atoms. The molecule has 2 rings (SSSR count). The fraction of sp³-hybridized carbons (Fsp3) is 0.500. The number of carbonyl (C=O) groups excluding carboxylic acids is 2. The zero-order valence-electron chi connectivity index (χ0n) is 12.8. The molecule has 1 aromatic carbocycles. The third-order valence-electron chi connectivity index (χ3n) is 3.82. The highest BCUT2D eigenvalue weighted by Crippen LogP contribution is 2.34. The number of hydrogen-bond donors (Lipinski definition) is 1. The van der Waals surface area contributed by atoms with Crippen LogP contribution in [-0.2, 0) is 9.59 Å². The van der Waals surface area contributed by atoms with E-state index in [0.29, 0.717) is 11.3 Å². The van der Waals surface area contributed by atoms with E-state index in [1.807, 2.05) is 13.0 Å². The molecule has 1 aromatic rings. The van der Waals surface area contributed by atoms with Gasteiger partial charge in [0.15, 0.2) is 0 Å². The van der Waals surface area contributed by atoms with Crippen molar-refractivity contribution in [2.45, 2.75) is 33.3 Å². The SMILES string of the molecule is COc1ccc(C)cc1C(O)CN1C(=O)CC(C)(C)C1=O. The molecule has 1 unspecified atom stereocenters. The van der Waals surface area contributed by atoms with Gasteiger partial charge in [0.05, 0.1) is 19.1 Å². The van der Waals surface area contributed by atoms with Crippen molar-refractivity contribution in [1.82, 2.24) is 4.90 Å². The molecule has 1 aliphatic rings. The van der Waals surface area contributed by atoms with E-state index in [1.54, 1.807) is 26.0 Å². The van der Waals surface area contributed by atoms with Crippen molar-refractivity contribution in [3.63, 3.8) is 0 Å². The van der Waals surface area contributed by atoms with Crippen LogP contribution in [0.3, 0.4) is 0 Å². The molecule has 1 fully saturated rings. The van der Waals surface area contributed by atoms with Crippen molar-refractivity contribution < 1.29 is 19.4 Å². The largest absolute Gasteiger partial charge is 0.496 e. The van der Waals surface area contributed by atoms with Crippen molar-refractivity contribution in [3.8, 4) is 5.75 Å². The molecule has 5 nitrogen and oxygen atoms in total. The number of aryl methyl sites for hydroxylation is 1. The molecule has 1 aliphatic heterocycles. The molecule has 0 spiro atoms. The van der Waals surface area contributed by atoms with E-state index in [1.165, 1.54) is 7.11 Å². The molecule has 0 aliphatic carbocycles. The van der Waals surface area contributed by atoms with Crippen molar-refractivity contribution in [2.75, 3.05) is 13.7 Å². The Bertz CT molecular complexity index is 580. The van der Waals surface area contributed by atoms with Crippen molar-refractivity contribution in [2.24, 2.45) is 5.41 Å². The van der Waals surface area contributed by atoms with Crippen LogP contribution in [-0.4, -0.2) is 35.5 Å². The smallest absolute Gasteiger partial charge is 0.235 e. The molecule has 5 heteroatoms. The highest BCUT2D eigenvalue weighted by Gasteiger charge is 2.45. The maximum Gasteiger partial charge on any atom is 0.235 e. The van der Waals surface area contributed by atoms with Crippen LogP contribution in [0.15, 0.2) is 18.2 Å². The molecular formula is C16H21NO4. The molecule has 0 radical (unpaired) electrons. The molecule has 1 atom stereocenters. The Morgan fingerprint density at radius 3 is 2.57 bits per heavy atom. The second kappa shape index (κ2) is 5.48. The molecular weight excluding hydrogens is 270 g/mol. The highest BCUT2D eigenvalue weighted by atomic mass is 16.5. The topological polar surface area (TPSA) is 66.8 Å². The van der Waals surface area contributed by atoms with Gasteiger partial charge in [-0.2, -0.15) is 0 Å². The third kappa shape index (κ3) is 2.93. The lowest BCUT2D eigenvalue weighted by Crippen LogP contribution is -2.36. The Hall–Kier alpha value is -1.88. The van der Waals surface area contributed by atoms with Gasteiger partial charge in [0.25, 0.3) is 0 Å². The molecule has 1 N–H and O–H groups in total. The zero-order valence-corrected chi connectivity index (χ0v) is 12.8. The summed E-state index contributed by atoms with van der Waals surface area (Å²) >= 11 is 0. The van der Waals surface area contributed by atoms with Crippen molar-refractivity contribution in [3.05, 3.63) is 29.3 Å². The van der Waals surface area contributed by atoms with E-state index in [9.17, 15) is 14.7 Å². The summed E-state index contributed by atoms with van der Waals surface area (Å²) in [6.45, 7) is 5.35. The van der Waals surface area contributed by atoms with Gasteiger partial charge in [-0.25, -0.2) is 0 Å². The lowest BCUT2D eigenvalue weighted by molar-refractivity contribution is -0.142. The van der Waals surface area contributed by atoms with Crippen LogP contribution in [0.2, 0.25) is 0 Å². The van der Waals surface area contributed by atoms with E-state index in [-0.39, 0.29) is 24.8 Å². The molecule has 1 saturated heterocycles. The summed E-state index contributed by atoms with van der Waals surface area (Å²) in [6.07, 6.45) is -0.773. The molecule has 2 amide bonds. The Labute approximate surface area is 124 Å². The molecule has 114 valence electrons. The minimum atomic E-state index is -0.957. The maximum absolute atomic E-state index is 12.2. The first kappa shape index (κ1) is 15.5. The van der Waals surface area contributed by atoms with E-state index >= 15 is 0 Å². The summed E-state index contributed by atoms with van der Waals surface area (Å²) in [6, 6.07) is 5.45. The number of benzene rings is 1. The predicted molar refractivity (Wildman–Crippen MR) is 77.8 cm³/mol. The Morgan fingerprint density at radius 2 is 2.05 bits per heavy atom. The van der Waals surface area contributed by atoms with E-state index in [0.717, 1.165) is 10.5 Å². The Balaban J connectivity index is 2.23. The van der Waals surface area contributed by atoms with E-state index in [4.69, 9.17) is 4.74 Å². The lowest BCUT2D eigenvalue weighted by atomic mass is 9.92. The fourth-order valence-electron chi connectivity index (χ4n) is 2.60. The maximum atomic E-state index is 12.2. The molecule has 0 aromatic heterocycles. The molecule has 1 heterocycles. The molecule has 0 bridgehead atoms. The number of likely N-dealkylation sites (tertiary alicyclic amines) is 1. The minimum absolute atomic E-state index is 0.0408. The number of β-amino-alcohol motifs (C(OH)–C–C–N with tert-alkyl or cyclic N) is 1. The van der Waals surface area contributed by atoms with Gasteiger partial charge >= 0.3 is 0 Å². The Kier molecular flexibility index (Phi) is 4.05. The number of imide groups is 1. The van der Waals surface area contributed by atoms with Crippen LogP contribution in [0.25, 0.3) is 0 Å². The van der Waals surface area contributed by atoms with Crippen LogP contribution in [0.1, 0.15) is 37.5 Å². The number of carbonyl (C=O) groups is 2. The Morgan fingerprint density at radius 1 is 1.38 bits per heavy atom. The summed E-state index contributed by atoms with van der Waals surface area (Å²) < 4.78 is 5.23. The normalized spacial score (nSPS) is 19.0. The summed E-state index contributed by atoms with van der Waals surface area (Å²) in [7, 11) is 1.52. The average molecular weight is 291 g/mol. The van der Waals surface area contributed by atoms with Gasteiger partial charge < -0.3 is 9.84 Å². The lowest BCUT2D eigenvalue weighted by Gasteiger charge is -2.22. The number of amides is 2. The van der Waals surface area contributed by atoms with Gasteiger partial charge in [-0.1, -0.05) is 25.5 Å². The first-order valence-corrected chi connectivity index (χ1v) is 6.93. The van der Waals surface area contributed by atoms with Crippen LogP contribution in [0.4, 0.5) is 0 Å². The quantitative estimate of drug-likeness (QED) is 0.859.